The van der Waals surface area contributed by atoms with E-state index in [0.29, 0.717) is 0 Å². The fourth-order valence-electron chi connectivity index (χ4n) is 1.06. The Balaban J connectivity index is 0.000000810. The van der Waals surface area contributed by atoms with Crippen molar-refractivity contribution in [3.63, 3.8) is 0 Å². The van der Waals surface area contributed by atoms with Gasteiger partial charge in [-0.1, -0.05) is 0 Å². The van der Waals surface area contributed by atoms with E-state index in [4.69, 9.17) is 0 Å². The topological polar surface area (TPSA) is 32.3 Å². The summed E-state index contributed by atoms with van der Waals surface area (Å²) in [6, 6.07) is 0. The van der Waals surface area contributed by atoms with Crippen LogP contribution in [-0.4, -0.2) is 35.8 Å². The monoisotopic (exact) mass is 183 g/mol. The van der Waals surface area contributed by atoms with E-state index in [1.54, 1.807) is 0 Å². The molecule has 4 heteroatoms. The van der Waals surface area contributed by atoms with E-state index >= 15 is 0 Å². The van der Waals surface area contributed by atoms with Crippen molar-refractivity contribution in [1.82, 2.24) is 5.32 Å². The molecule has 0 radical (unpaired) electrons. The first-order chi connectivity index (χ1) is 4.27. The third-order valence-corrected chi connectivity index (χ3v) is 2.82. The molecule has 1 heterocycles. The number of rotatable bonds is 2. The van der Waals surface area contributed by atoms with Crippen LogP contribution in [0.15, 0.2) is 0 Å². The van der Waals surface area contributed by atoms with Crippen LogP contribution in [0.4, 0.5) is 0 Å². The summed E-state index contributed by atoms with van der Waals surface area (Å²) in [5.74, 6) is 2.01. The van der Waals surface area contributed by atoms with Crippen LogP contribution in [0.3, 0.4) is 0 Å². The zero-order valence-electron chi connectivity index (χ0n) is 6.09. The minimum absolute atomic E-state index is 0. The van der Waals surface area contributed by atoms with E-state index < -0.39 is 5.60 Å². The lowest BCUT2D eigenvalue weighted by atomic mass is 10.0. The molecule has 0 aromatic heterocycles. The third-order valence-electron chi connectivity index (χ3n) is 1.59. The van der Waals surface area contributed by atoms with Crippen molar-refractivity contribution in [2.45, 2.75) is 12.0 Å². The Morgan fingerprint density at radius 3 is 2.80 bits per heavy atom. The molecule has 1 aliphatic rings. The second-order valence-corrected chi connectivity index (χ2v) is 3.66. The molecular formula is C6H14ClNOS. The molecule has 0 aliphatic carbocycles. The van der Waals surface area contributed by atoms with Crippen LogP contribution >= 0.6 is 24.2 Å². The first kappa shape index (κ1) is 10.6. The molecule has 1 saturated heterocycles. The quantitative estimate of drug-likeness (QED) is 0.654. The second-order valence-electron chi connectivity index (χ2n) is 2.56. The average molecular weight is 184 g/mol. The molecule has 0 amide bonds. The zero-order chi connectivity index (χ0) is 6.74. The van der Waals surface area contributed by atoms with E-state index in [2.05, 4.69) is 5.32 Å². The summed E-state index contributed by atoms with van der Waals surface area (Å²) in [5, 5.41) is 12.6. The van der Waals surface area contributed by atoms with E-state index in [-0.39, 0.29) is 12.4 Å². The molecule has 10 heavy (non-hydrogen) atoms. The van der Waals surface area contributed by atoms with Gasteiger partial charge in [0.15, 0.2) is 0 Å². The lowest BCUT2D eigenvalue weighted by Gasteiger charge is -2.19. The first-order valence-electron chi connectivity index (χ1n) is 3.22. The normalized spacial score (nSPS) is 31.8. The molecule has 0 aromatic carbocycles. The van der Waals surface area contributed by atoms with Crippen molar-refractivity contribution in [3.8, 4) is 0 Å². The molecule has 62 valence electrons. The lowest BCUT2D eigenvalue weighted by molar-refractivity contribution is 0.0699. The summed E-state index contributed by atoms with van der Waals surface area (Å²) in [4.78, 5) is 0. The molecule has 2 nitrogen and oxygen atoms in total. The maximum atomic E-state index is 9.61. The highest BCUT2D eigenvalue weighted by atomic mass is 35.5. The number of halogens is 1. The maximum Gasteiger partial charge on any atom is 0.0869 e. The standard InChI is InChI=1S/C6H13NOS.ClH/c1-7-4-6(8)2-3-9-5-6;/h7-8H,2-5H2,1H3;1H. The highest BCUT2D eigenvalue weighted by molar-refractivity contribution is 7.99. The summed E-state index contributed by atoms with van der Waals surface area (Å²) in [7, 11) is 1.88. The molecule has 0 saturated carbocycles. The number of likely N-dealkylation sites (N-methyl/N-ethyl adjacent to an activating group) is 1. The van der Waals surface area contributed by atoms with Crippen molar-refractivity contribution in [2.75, 3.05) is 25.1 Å². The van der Waals surface area contributed by atoms with Crippen LogP contribution in [0.1, 0.15) is 6.42 Å². The van der Waals surface area contributed by atoms with Crippen LogP contribution in [0.5, 0.6) is 0 Å². The molecule has 1 unspecified atom stereocenters. The Bertz CT molecular complexity index is 95.7. The number of thioether (sulfide) groups is 1. The van der Waals surface area contributed by atoms with Gasteiger partial charge in [-0.3, -0.25) is 0 Å². The number of hydrogen-bond acceptors (Lipinski definition) is 3. The zero-order valence-corrected chi connectivity index (χ0v) is 7.73. The molecule has 0 aromatic rings. The molecule has 2 N–H and O–H groups in total. The lowest BCUT2D eigenvalue weighted by Crippen LogP contribution is -2.38. The fraction of sp³-hybridized carbons (Fsp3) is 1.00. The molecule has 0 spiro atoms. The molecule has 1 atom stereocenters. The highest BCUT2D eigenvalue weighted by Gasteiger charge is 2.30. The van der Waals surface area contributed by atoms with Crippen LogP contribution in [0.2, 0.25) is 0 Å². The molecule has 1 rings (SSSR count). The van der Waals surface area contributed by atoms with Crippen molar-refractivity contribution in [2.24, 2.45) is 0 Å². The van der Waals surface area contributed by atoms with Crippen molar-refractivity contribution in [3.05, 3.63) is 0 Å². The van der Waals surface area contributed by atoms with Crippen molar-refractivity contribution >= 4 is 24.2 Å². The summed E-state index contributed by atoms with van der Waals surface area (Å²) in [6.45, 7) is 0.736. The van der Waals surface area contributed by atoms with Crippen molar-refractivity contribution in [1.29, 1.82) is 0 Å². The Hall–Kier alpha value is 0.560. The molecular weight excluding hydrogens is 170 g/mol. The Morgan fingerprint density at radius 2 is 2.40 bits per heavy atom. The second kappa shape index (κ2) is 4.44. The number of nitrogens with one attached hydrogen (secondary N) is 1. The predicted molar refractivity (Wildman–Crippen MR) is 48.1 cm³/mol. The number of hydrogen-bond donors (Lipinski definition) is 2. The smallest absolute Gasteiger partial charge is 0.0869 e. The Morgan fingerprint density at radius 1 is 1.70 bits per heavy atom. The summed E-state index contributed by atoms with van der Waals surface area (Å²) >= 11 is 1.83. The van der Waals surface area contributed by atoms with Gasteiger partial charge in [0.25, 0.3) is 0 Å². The SMILES string of the molecule is CNCC1(O)CCSC1.Cl. The van der Waals surface area contributed by atoms with Gasteiger partial charge >= 0.3 is 0 Å². The van der Waals surface area contributed by atoms with Gasteiger partial charge < -0.3 is 10.4 Å². The van der Waals surface area contributed by atoms with E-state index in [1.807, 2.05) is 18.8 Å². The van der Waals surface area contributed by atoms with Gasteiger partial charge in [-0.15, -0.1) is 12.4 Å². The summed E-state index contributed by atoms with van der Waals surface area (Å²) < 4.78 is 0. The van der Waals surface area contributed by atoms with Gasteiger partial charge in [-0.05, 0) is 19.2 Å². The largest absolute Gasteiger partial charge is 0.388 e. The molecule has 1 aliphatic heterocycles. The third kappa shape index (κ3) is 2.66. The van der Waals surface area contributed by atoms with E-state index in [9.17, 15) is 5.11 Å². The average Bonchev–Trinajstić information content (AvgIpc) is 2.16. The maximum absolute atomic E-state index is 9.61. The van der Waals surface area contributed by atoms with Gasteiger partial charge in [0, 0.05) is 12.3 Å². The Kier molecular flexibility index (Phi) is 4.69. The van der Waals surface area contributed by atoms with E-state index in [0.717, 1.165) is 24.5 Å². The van der Waals surface area contributed by atoms with Crippen LogP contribution in [0, 0.1) is 0 Å². The minimum atomic E-state index is -0.403. The van der Waals surface area contributed by atoms with E-state index in [1.165, 1.54) is 0 Å². The van der Waals surface area contributed by atoms with Crippen molar-refractivity contribution < 1.29 is 5.11 Å². The minimum Gasteiger partial charge on any atom is -0.388 e. The molecule has 0 bridgehead atoms. The van der Waals surface area contributed by atoms with Gasteiger partial charge in [0.2, 0.25) is 0 Å². The first-order valence-corrected chi connectivity index (χ1v) is 4.37. The predicted octanol–water partition coefficient (Wildman–Crippen LogP) is 0.496. The number of aliphatic hydroxyl groups is 1. The summed E-state index contributed by atoms with van der Waals surface area (Å²) in [5.41, 5.74) is -0.403. The van der Waals surface area contributed by atoms with Crippen LogP contribution in [0.25, 0.3) is 0 Å². The van der Waals surface area contributed by atoms with Crippen LogP contribution < -0.4 is 5.32 Å². The highest BCUT2D eigenvalue weighted by Crippen LogP contribution is 2.26. The van der Waals surface area contributed by atoms with Gasteiger partial charge in [-0.2, -0.15) is 11.8 Å². The van der Waals surface area contributed by atoms with Gasteiger partial charge in [-0.25, -0.2) is 0 Å². The summed E-state index contributed by atoms with van der Waals surface area (Å²) in [6.07, 6.45) is 0.943. The van der Waals surface area contributed by atoms with Gasteiger partial charge in [0.1, 0.15) is 0 Å². The fourth-order valence-corrected chi connectivity index (χ4v) is 2.36. The van der Waals surface area contributed by atoms with Crippen LogP contribution in [-0.2, 0) is 0 Å². The molecule has 1 fully saturated rings. The van der Waals surface area contributed by atoms with Gasteiger partial charge in [0.05, 0.1) is 5.60 Å². The Labute approximate surface area is 72.2 Å².